The molecule has 0 radical (unpaired) electrons. The van der Waals surface area contributed by atoms with Gasteiger partial charge in [-0.1, -0.05) is 0 Å². The normalized spacial score (nSPS) is 11.0. The van der Waals surface area contributed by atoms with E-state index in [1.807, 2.05) is 6.07 Å². The highest BCUT2D eigenvalue weighted by Crippen LogP contribution is 2.28. The Morgan fingerprint density at radius 1 is 1.24 bits per heavy atom. The third-order valence-electron chi connectivity index (χ3n) is 3.75. The Labute approximate surface area is 143 Å². The Morgan fingerprint density at radius 2 is 1.96 bits per heavy atom. The van der Waals surface area contributed by atoms with Crippen molar-refractivity contribution in [2.24, 2.45) is 10.2 Å². The number of aliphatic hydroxyl groups is 1. The first kappa shape index (κ1) is 18.2. The van der Waals surface area contributed by atoms with E-state index in [1.54, 1.807) is 13.0 Å². The van der Waals surface area contributed by atoms with E-state index in [9.17, 15) is 20.3 Å². The number of phenolic OH excluding ortho intramolecular Hbond substituents is 1. The average molecular weight is 342 g/mol. The molecule has 1 aromatic carbocycles. The van der Waals surface area contributed by atoms with Gasteiger partial charge >= 0.3 is 0 Å². The molecule has 3 N–H and O–H groups in total. The third-order valence-corrected chi connectivity index (χ3v) is 3.75. The molecule has 0 aliphatic heterocycles. The highest BCUT2D eigenvalue weighted by molar-refractivity contribution is 5.57. The van der Waals surface area contributed by atoms with Gasteiger partial charge in [0.2, 0.25) is 5.88 Å². The Morgan fingerprint density at radius 3 is 2.56 bits per heavy atom. The Balaban J connectivity index is 2.58. The molecule has 2 aromatic rings. The van der Waals surface area contributed by atoms with Crippen molar-refractivity contribution in [1.82, 2.24) is 4.57 Å². The second kappa shape index (κ2) is 7.59. The molecule has 1 aromatic heterocycles. The van der Waals surface area contributed by atoms with Crippen LogP contribution in [0.5, 0.6) is 11.6 Å². The molecule has 1 heterocycles. The molecule has 130 valence electrons. The number of nitrogens with zero attached hydrogens (tertiary/aromatic N) is 4. The summed E-state index contributed by atoms with van der Waals surface area (Å²) in [5.41, 5.74) is 0.646. The molecule has 0 saturated carbocycles. The first-order valence-corrected chi connectivity index (χ1v) is 7.59. The van der Waals surface area contributed by atoms with Gasteiger partial charge in [0, 0.05) is 18.7 Å². The van der Waals surface area contributed by atoms with Crippen LogP contribution in [0.3, 0.4) is 0 Å². The summed E-state index contributed by atoms with van der Waals surface area (Å²) in [5, 5.41) is 45.7. The van der Waals surface area contributed by atoms with Gasteiger partial charge in [-0.15, -0.1) is 5.11 Å². The van der Waals surface area contributed by atoms with Gasteiger partial charge in [-0.3, -0.25) is 9.36 Å². The number of nitriles is 1. The van der Waals surface area contributed by atoms with E-state index in [1.165, 1.54) is 19.1 Å². The van der Waals surface area contributed by atoms with E-state index < -0.39 is 11.4 Å². The van der Waals surface area contributed by atoms with Crippen molar-refractivity contribution in [3.05, 3.63) is 45.2 Å². The van der Waals surface area contributed by atoms with Gasteiger partial charge in [0.25, 0.3) is 5.56 Å². The molecule has 0 amide bonds. The lowest BCUT2D eigenvalue weighted by atomic mass is 10.1. The van der Waals surface area contributed by atoms with Crippen LogP contribution < -0.4 is 5.56 Å². The van der Waals surface area contributed by atoms with Crippen molar-refractivity contribution in [2.45, 2.75) is 26.8 Å². The minimum absolute atomic E-state index is 0.0525. The van der Waals surface area contributed by atoms with E-state index in [0.717, 1.165) is 4.57 Å². The van der Waals surface area contributed by atoms with Gasteiger partial charge in [0.05, 0.1) is 5.69 Å². The van der Waals surface area contributed by atoms with Crippen molar-refractivity contribution < 1.29 is 15.3 Å². The molecule has 0 aliphatic rings. The number of aryl methyl sites for hydroxylation is 1. The fourth-order valence-electron chi connectivity index (χ4n) is 2.35. The summed E-state index contributed by atoms with van der Waals surface area (Å²) in [6.45, 7) is 3.13. The van der Waals surface area contributed by atoms with Crippen LogP contribution in [0.4, 0.5) is 11.4 Å². The van der Waals surface area contributed by atoms with Gasteiger partial charge in [-0.25, -0.2) is 0 Å². The Hall–Kier alpha value is -3.18. The van der Waals surface area contributed by atoms with E-state index in [-0.39, 0.29) is 42.1 Å². The number of benzene rings is 1. The highest BCUT2D eigenvalue weighted by Gasteiger charge is 2.19. The lowest BCUT2D eigenvalue weighted by Gasteiger charge is -2.12. The SMILES string of the molecule is Cc1cc(O)ccc1N=Nc1c(C)c(C#N)c(O)n(CCCO)c1=O. The molecule has 8 heteroatoms. The van der Waals surface area contributed by atoms with E-state index >= 15 is 0 Å². The number of hydrogen-bond donors (Lipinski definition) is 3. The molecule has 8 nitrogen and oxygen atoms in total. The molecule has 2 rings (SSSR count). The number of hydrogen-bond acceptors (Lipinski definition) is 7. The van der Waals surface area contributed by atoms with Crippen LogP contribution in [-0.2, 0) is 6.54 Å². The molecule has 0 saturated heterocycles. The second-order valence-electron chi connectivity index (χ2n) is 5.49. The van der Waals surface area contributed by atoms with Crippen LogP contribution in [0.25, 0.3) is 0 Å². The summed E-state index contributed by atoms with van der Waals surface area (Å²) >= 11 is 0. The lowest BCUT2D eigenvalue weighted by Crippen LogP contribution is -2.22. The maximum atomic E-state index is 12.6. The van der Waals surface area contributed by atoms with Crippen LogP contribution in [0.2, 0.25) is 0 Å². The zero-order valence-electron chi connectivity index (χ0n) is 13.9. The Kier molecular flexibility index (Phi) is 5.52. The third kappa shape index (κ3) is 3.67. The lowest BCUT2D eigenvalue weighted by molar-refractivity contribution is 0.274. The smallest absolute Gasteiger partial charge is 0.281 e. The summed E-state index contributed by atoms with van der Waals surface area (Å²) in [4.78, 5) is 12.6. The van der Waals surface area contributed by atoms with Crippen LogP contribution in [0.15, 0.2) is 33.2 Å². The molecule has 0 aliphatic carbocycles. The summed E-state index contributed by atoms with van der Waals surface area (Å²) in [6, 6.07) is 6.37. The molecule has 0 atom stereocenters. The molecule has 0 bridgehead atoms. The first-order valence-electron chi connectivity index (χ1n) is 7.59. The number of aliphatic hydroxyl groups excluding tert-OH is 1. The predicted molar refractivity (Wildman–Crippen MR) is 90.5 cm³/mol. The fraction of sp³-hybridized carbons (Fsp3) is 0.294. The maximum absolute atomic E-state index is 12.6. The van der Waals surface area contributed by atoms with Gasteiger partial charge in [-0.2, -0.15) is 10.4 Å². The quantitative estimate of drug-likeness (QED) is 0.719. The average Bonchev–Trinajstić information content (AvgIpc) is 2.56. The zero-order valence-corrected chi connectivity index (χ0v) is 13.9. The molecule has 25 heavy (non-hydrogen) atoms. The zero-order chi connectivity index (χ0) is 18.6. The minimum Gasteiger partial charge on any atom is -0.508 e. The number of aromatic nitrogens is 1. The van der Waals surface area contributed by atoms with E-state index in [4.69, 9.17) is 5.11 Å². The largest absolute Gasteiger partial charge is 0.508 e. The van der Waals surface area contributed by atoms with Crippen LogP contribution >= 0.6 is 0 Å². The van der Waals surface area contributed by atoms with Crippen molar-refractivity contribution in [3.8, 4) is 17.7 Å². The van der Waals surface area contributed by atoms with Gasteiger partial charge in [0.1, 0.15) is 17.4 Å². The van der Waals surface area contributed by atoms with Gasteiger partial charge < -0.3 is 15.3 Å². The maximum Gasteiger partial charge on any atom is 0.281 e. The van der Waals surface area contributed by atoms with Crippen molar-refractivity contribution in [3.63, 3.8) is 0 Å². The monoisotopic (exact) mass is 342 g/mol. The summed E-state index contributed by atoms with van der Waals surface area (Å²) < 4.78 is 1.000. The Bertz CT molecular complexity index is 926. The first-order chi connectivity index (χ1) is 11.9. The number of rotatable bonds is 5. The minimum atomic E-state index is -0.595. The number of phenols is 1. The van der Waals surface area contributed by atoms with E-state index in [0.29, 0.717) is 11.3 Å². The summed E-state index contributed by atoms with van der Waals surface area (Å²) in [5.74, 6) is -0.353. The molecule has 0 unspecified atom stereocenters. The van der Waals surface area contributed by atoms with Crippen LogP contribution in [-0.4, -0.2) is 26.5 Å². The van der Waals surface area contributed by atoms with Crippen molar-refractivity contribution in [1.29, 1.82) is 5.26 Å². The van der Waals surface area contributed by atoms with Gasteiger partial charge in [0.15, 0.2) is 5.69 Å². The topological polar surface area (TPSA) is 131 Å². The van der Waals surface area contributed by atoms with E-state index in [2.05, 4.69) is 10.2 Å². The van der Waals surface area contributed by atoms with Crippen LogP contribution in [0, 0.1) is 25.2 Å². The molecular weight excluding hydrogens is 324 g/mol. The highest BCUT2D eigenvalue weighted by atomic mass is 16.3. The molecular formula is C17H18N4O4. The number of azo groups is 1. The number of aromatic hydroxyl groups is 2. The van der Waals surface area contributed by atoms with Crippen LogP contribution in [0.1, 0.15) is 23.1 Å². The standard InChI is InChI=1S/C17H18N4O4/c1-10-8-12(23)4-5-14(10)19-20-15-11(2)13(9-18)16(24)21(17(15)25)6-3-7-22/h4-5,8,22-24H,3,6-7H2,1-2H3. The van der Waals surface area contributed by atoms with Crippen molar-refractivity contribution >= 4 is 11.4 Å². The second-order valence-corrected chi connectivity index (χ2v) is 5.49. The molecule has 0 fully saturated rings. The summed E-state index contributed by atoms with van der Waals surface area (Å²) in [7, 11) is 0. The molecule has 0 spiro atoms. The predicted octanol–water partition coefficient (Wildman–Crippen LogP) is 2.55. The summed E-state index contributed by atoms with van der Waals surface area (Å²) in [6.07, 6.45) is 0.245. The fourth-order valence-corrected chi connectivity index (χ4v) is 2.35. The van der Waals surface area contributed by atoms with Crippen molar-refractivity contribution in [2.75, 3.05) is 6.61 Å². The number of pyridine rings is 1. The van der Waals surface area contributed by atoms with Gasteiger partial charge in [-0.05, 0) is 44.0 Å².